The van der Waals surface area contributed by atoms with Gasteiger partial charge in [0.15, 0.2) is 0 Å². The van der Waals surface area contributed by atoms with Gasteiger partial charge in [0.2, 0.25) is 11.6 Å². The highest BCUT2D eigenvalue weighted by molar-refractivity contribution is 5.84. The van der Waals surface area contributed by atoms with E-state index in [1.54, 1.807) is 19.9 Å². The summed E-state index contributed by atoms with van der Waals surface area (Å²) in [5.74, 6) is -1.16. The fourth-order valence-electron chi connectivity index (χ4n) is 3.13. The first-order valence-electron chi connectivity index (χ1n) is 9.12. The number of alkyl halides is 3. The summed E-state index contributed by atoms with van der Waals surface area (Å²) in [7, 11) is 0. The summed E-state index contributed by atoms with van der Waals surface area (Å²) >= 11 is 0. The highest BCUT2D eigenvalue weighted by atomic mass is 19.4. The number of halogens is 4. The molecule has 3 aromatic rings. The molecule has 5 nitrogen and oxygen atoms in total. The van der Waals surface area contributed by atoms with E-state index in [0.717, 1.165) is 10.1 Å². The maximum atomic E-state index is 13.4. The van der Waals surface area contributed by atoms with Crippen LogP contribution in [0.5, 0.6) is 0 Å². The number of nitrogens with one attached hydrogen (secondary N) is 1. The minimum Gasteiger partial charge on any atom is -0.350 e. The lowest BCUT2D eigenvalue weighted by atomic mass is 10.1. The number of benzene rings is 2. The number of aryl methyl sites for hydroxylation is 2. The van der Waals surface area contributed by atoms with Crippen LogP contribution >= 0.6 is 0 Å². The minimum atomic E-state index is -4.97. The fourth-order valence-corrected chi connectivity index (χ4v) is 3.13. The van der Waals surface area contributed by atoms with Crippen molar-refractivity contribution in [2.24, 2.45) is 0 Å². The average Bonchev–Trinajstić information content (AvgIpc) is 2.66. The number of hydrogen-bond acceptors (Lipinski definition) is 3. The molecule has 0 aliphatic rings. The molecule has 0 fully saturated rings. The molecular weight excluding hydrogens is 402 g/mol. The van der Waals surface area contributed by atoms with Crippen molar-refractivity contribution in [2.45, 2.75) is 39.5 Å². The minimum absolute atomic E-state index is 0.0326. The quantitative estimate of drug-likeness (QED) is 0.647. The number of carbonyl (C=O) groups excluding carboxylic acids is 1. The summed E-state index contributed by atoms with van der Waals surface area (Å²) < 4.78 is 54.3. The van der Waals surface area contributed by atoms with Crippen molar-refractivity contribution in [1.82, 2.24) is 14.9 Å². The maximum Gasteiger partial charge on any atom is 0.438 e. The van der Waals surface area contributed by atoms with E-state index in [2.05, 4.69) is 10.3 Å². The van der Waals surface area contributed by atoms with Crippen LogP contribution in [0.25, 0.3) is 11.0 Å². The largest absolute Gasteiger partial charge is 0.438 e. The van der Waals surface area contributed by atoms with Crippen LogP contribution in [0.4, 0.5) is 17.6 Å². The third-order valence-electron chi connectivity index (χ3n) is 4.90. The van der Waals surface area contributed by atoms with Crippen molar-refractivity contribution < 1.29 is 22.4 Å². The number of nitrogens with zero attached hydrogens (tertiary/aromatic N) is 2. The molecule has 0 unspecified atom stereocenters. The van der Waals surface area contributed by atoms with Gasteiger partial charge in [-0.25, -0.2) is 9.37 Å². The highest BCUT2D eigenvalue weighted by Gasteiger charge is 2.38. The van der Waals surface area contributed by atoms with Gasteiger partial charge in [-0.3, -0.25) is 14.2 Å². The summed E-state index contributed by atoms with van der Waals surface area (Å²) in [6.07, 6.45) is -4.97. The maximum absolute atomic E-state index is 13.4. The number of rotatable bonds is 4. The Bertz CT molecular complexity index is 1190. The van der Waals surface area contributed by atoms with Crippen LogP contribution in [-0.2, 0) is 17.5 Å². The first-order valence-corrected chi connectivity index (χ1v) is 9.12. The molecule has 1 N–H and O–H groups in total. The predicted octanol–water partition coefficient (Wildman–Crippen LogP) is 4.05. The van der Waals surface area contributed by atoms with E-state index < -0.39 is 35.2 Å². The van der Waals surface area contributed by atoms with Gasteiger partial charge in [-0.2, -0.15) is 13.2 Å². The van der Waals surface area contributed by atoms with Crippen molar-refractivity contribution in [1.29, 1.82) is 0 Å². The number of fused-ring (bicyclic) bond motifs is 1. The number of hydrogen-bond donors (Lipinski definition) is 1. The summed E-state index contributed by atoms with van der Waals surface area (Å²) in [6, 6.07) is 7.28. The number of aromatic nitrogens is 2. The van der Waals surface area contributed by atoms with Crippen LogP contribution in [0.1, 0.15) is 35.3 Å². The lowest BCUT2D eigenvalue weighted by Crippen LogP contribution is -2.39. The molecule has 0 aliphatic carbocycles. The Morgan fingerprint density at radius 2 is 1.83 bits per heavy atom. The normalized spacial score (nSPS) is 12.8. The Labute approximate surface area is 169 Å². The van der Waals surface area contributed by atoms with Crippen LogP contribution in [0.15, 0.2) is 41.2 Å². The molecule has 1 atom stereocenters. The Kier molecular flexibility index (Phi) is 5.65. The van der Waals surface area contributed by atoms with Gasteiger partial charge in [-0.1, -0.05) is 12.1 Å². The van der Waals surface area contributed by atoms with Crippen molar-refractivity contribution in [3.8, 4) is 0 Å². The van der Waals surface area contributed by atoms with Crippen molar-refractivity contribution >= 4 is 16.9 Å². The zero-order valence-electron chi connectivity index (χ0n) is 16.5. The molecule has 1 heterocycles. The molecule has 1 amide bonds. The highest BCUT2D eigenvalue weighted by Crippen LogP contribution is 2.28. The molecule has 0 aliphatic heterocycles. The molecule has 0 spiro atoms. The Morgan fingerprint density at radius 1 is 1.17 bits per heavy atom. The first kappa shape index (κ1) is 21.5. The lowest BCUT2D eigenvalue weighted by Gasteiger charge is -2.20. The molecule has 1 aromatic heterocycles. The first-order chi connectivity index (χ1) is 14.0. The molecule has 0 bridgehead atoms. The molecule has 0 radical (unpaired) electrons. The van der Waals surface area contributed by atoms with E-state index in [-0.39, 0.29) is 17.6 Å². The van der Waals surface area contributed by atoms with E-state index in [1.807, 2.05) is 0 Å². The Hall–Kier alpha value is -3.23. The molecule has 2 aromatic carbocycles. The number of carbonyl (C=O) groups is 1. The Balaban J connectivity index is 2.06. The topological polar surface area (TPSA) is 64.0 Å². The summed E-state index contributed by atoms with van der Waals surface area (Å²) in [4.78, 5) is 28.8. The van der Waals surface area contributed by atoms with E-state index in [4.69, 9.17) is 0 Å². The van der Waals surface area contributed by atoms with Gasteiger partial charge in [0, 0.05) is 6.54 Å². The molecule has 30 heavy (non-hydrogen) atoms. The summed E-state index contributed by atoms with van der Waals surface area (Å²) in [5.41, 5.74) is -0.958. The molecule has 9 heteroatoms. The standard InChI is InChI=1S/C21H19F4N3O2/c1-11-7-16-17(8-12(11)2)28(20(30)18(27-16)21(23,24)25)13(3)19(29)26-10-14-5-4-6-15(22)9-14/h4-9,13H,10H2,1-3H3,(H,26,29)/t13-/m1/s1. The van der Waals surface area contributed by atoms with Crippen LogP contribution in [0.2, 0.25) is 0 Å². The van der Waals surface area contributed by atoms with Gasteiger partial charge in [0.25, 0.3) is 5.56 Å². The SMILES string of the molecule is Cc1cc2nc(C(F)(F)F)c(=O)n([C@H](C)C(=O)NCc3cccc(F)c3)c2cc1C. The Morgan fingerprint density at radius 3 is 2.47 bits per heavy atom. The second-order valence-electron chi connectivity index (χ2n) is 7.08. The van der Waals surface area contributed by atoms with E-state index in [0.29, 0.717) is 11.1 Å². The van der Waals surface area contributed by atoms with Gasteiger partial charge >= 0.3 is 6.18 Å². The van der Waals surface area contributed by atoms with Gasteiger partial charge in [-0.05, 0) is 61.7 Å². The van der Waals surface area contributed by atoms with E-state index in [1.165, 1.54) is 37.3 Å². The van der Waals surface area contributed by atoms with Gasteiger partial charge < -0.3 is 5.32 Å². The second kappa shape index (κ2) is 7.89. The molecule has 0 saturated carbocycles. The third-order valence-corrected chi connectivity index (χ3v) is 4.90. The van der Waals surface area contributed by atoms with Gasteiger partial charge in [0.1, 0.15) is 11.9 Å². The lowest BCUT2D eigenvalue weighted by molar-refractivity contribution is -0.142. The average molecular weight is 421 g/mol. The van der Waals surface area contributed by atoms with Gasteiger partial charge in [-0.15, -0.1) is 0 Å². The molecule has 0 saturated heterocycles. The third kappa shape index (κ3) is 4.19. The van der Waals surface area contributed by atoms with Crippen LogP contribution in [0.3, 0.4) is 0 Å². The van der Waals surface area contributed by atoms with Gasteiger partial charge in [0.05, 0.1) is 11.0 Å². The van der Waals surface area contributed by atoms with Crippen molar-refractivity contribution in [3.63, 3.8) is 0 Å². The van der Waals surface area contributed by atoms with Crippen molar-refractivity contribution in [2.75, 3.05) is 0 Å². The molecule has 3 rings (SSSR count). The zero-order chi connectivity index (χ0) is 22.2. The van der Waals surface area contributed by atoms with E-state index >= 15 is 0 Å². The zero-order valence-corrected chi connectivity index (χ0v) is 16.5. The predicted molar refractivity (Wildman–Crippen MR) is 103 cm³/mol. The monoisotopic (exact) mass is 421 g/mol. The second-order valence-corrected chi connectivity index (χ2v) is 7.08. The van der Waals surface area contributed by atoms with Crippen LogP contribution < -0.4 is 10.9 Å². The van der Waals surface area contributed by atoms with Crippen LogP contribution in [0, 0.1) is 19.7 Å². The van der Waals surface area contributed by atoms with E-state index in [9.17, 15) is 27.2 Å². The summed E-state index contributed by atoms with van der Waals surface area (Å²) in [5, 5.41) is 2.53. The number of amides is 1. The van der Waals surface area contributed by atoms with Crippen LogP contribution in [-0.4, -0.2) is 15.5 Å². The smallest absolute Gasteiger partial charge is 0.350 e. The van der Waals surface area contributed by atoms with Crippen molar-refractivity contribution in [3.05, 3.63) is 75.0 Å². The fraction of sp³-hybridized carbons (Fsp3) is 0.286. The summed E-state index contributed by atoms with van der Waals surface area (Å²) in [6.45, 7) is 4.75. The molecule has 158 valence electrons. The molecular formula is C21H19F4N3O2.